The second-order valence-corrected chi connectivity index (χ2v) is 8.98. The van der Waals surface area contributed by atoms with Gasteiger partial charge in [0.15, 0.2) is 11.3 Å². The number of alkyl carbamates (subject to hydrolysis) is 1. The highest BCUT2D eigenvalue weighted by molar-refractivity contribution is 9.10. The van der Waals surface area contributed by atoms with Gasteiger partial charge in [-0.15, -0.1) is 0 Å². The molecule has 0 heterocycles. The summed E-state index contributed by atoms with van der Waals surface area (Å²) in [5.74, 6) is 0. The second kappa shape index (κ2) is 10.3. The maximum Gasteiger partial charge on any atom is 0.409 e. The summed E-state index contributed by atoms with van der Waals surface area (Å²) in [6.07, 6.45) is -1.87. The first-order valence-electron chi connectivity index (χ1n) is 7.61. The van der Waals surface area contributed by atoms with E-state index in [0.29, 0.717) is 0 Å². The zero-order valence-electron chi connectivity index (χ0n) is 13.7. The fraction of sp³-hybridized carbons (Fsp3) is 0.176. The van der Waals surface area contributed by atoms with E-state index >= 15 is 0 Å². The molecule has 27 heavy (non-hydrogen) atoms. The minimum Gasteiger partial charge on any atom is -0.445 e. The van der Waals surface area contributed by atoms with E-state index in [2.05, 4.69) is 31.9 Å². The highest BCUT2D eigenvalue weighted by Crippen LogP contribution is 2.29. The summed E-state index contributed by atoms with van der Waals surface area (Å²) >= 11 is 26.4. The molecule has 144 valence electrons. The van der Waals surface area contributed by atoms with Gasteiger partial charge in [-0.2, -0.15) is 0 Å². The summed E-state index contributed by atoms with van der Waals surface area (Å²) in [6.45, 7) is 0.0833. The molecule has 0 aliphatic carbocycles. The number of benzene rings is 2. The van der Waals surface area contributed by atoms with Crippen LogP contribution in [-0.4, -0.2) is 21.2 Å². The minimum absolute atomic E-state index is 0.0833. The van der Waals surface area contributed by atoms with E-state index in [0.717, 1.165) is 15.7 Å². The van der Waals surface area contributed by atoms with E-state index in [4.69, 9.17) is 51.8 Å². The Kier molecular flexibility index (Phi) is 8.44. The SMILES string of the molecule is O=C(N[C@H](NC(=S)Nc1cccc(Br)c1)C(Cl)(Cl)Cl)OCc1ccccc1. The number of ether oxygens (including phenoxy) is 1. The zero-order chi connectivity index (χ0) is 19.9. The van der Waals surface area contributed by atoms with Crippen molar-refractivity contribution in [2.24, 2.45) is 0 Å². The third kappa shape index (κ3) is 8.11. The van der Waals surface area contributed by atoms with Crippen LogP contribution in [-0.2, 0) is 11.3 Å². The molecule has 5 nitrogen and oxygen atoms in total. The zero-order valence-corrected chi connectivity index (χ0v) is 18.4. The van der Waals surface area contributed by atoms with Gasteiger partial charge in [-0.3, -0.25) is 5.32 Å². The molecule has 0 aromatic heterocycles. The summed E-state index contributed by atoms with van der Waals surface area (Å²) in [4.78, 5) is 12.0. The quantitative estimate of drug-likeness (QED) is 0.287. The molecule has 1 amide bonds. The summed E-state index contributed by atoms with van der Waals surface area (Å²) in [7, 11) is 0. The molecule has 0 aliphatic rings. The molecule has 1 atom stereocenters. The monoisotopic (exact) mass is 509 g/mol. The highest BCUT2D eigenvalue weighted by atomic mass is 79.9. The number of rotatable bonds is 5. The predicted octanol–water partition coefficient (Wildman–Crippen LogP) is 5.36. The Labute approximate surface area is 185 Å². The van der Waals surface area contributed by atoms with Gasteiger partial charge in [0.05, 0.1) is 0 Å². The average Bonchev–Trinajstić information content (AvgIpc) is 2.59. The first-order chi connectivity index (χ1) is 12.7. The van der Waals surface area contributed by atoms with E-state index in [1.54, 1.807) is 0 Å². The number of hydrogen-bond acceptors (Lipinski definition) is 3. The van der Waals surface area contributed by atoms with E-state index in [-0.39, 0.29) is 11.7 Å². The molecule has 0 unspecified atom stereocenters. The smallest absolute Gasteiger partial charge is 0.409 e. The number of amides is 1. The molecular weight excluding hydrogens is 497 g/mol. The number of hydrogen-bond donors (Lipinski definition) is 3. The average molecular weight is 512 g/mol. The van der Waals surface area contributed by atoms with E-state index in [9.17, 15) is 4.79 Å². The van der Waals surface area contributed by atoms with Crippen LogP contribution in [0, 0.1) is 0 Å². The van der Waals surface area contributed by atoms with Crippen LogP contribution < -0.4 is 16.0 Å². The number of carbonyl (C=O) groups excluding carboxylic acids is 1. The number of halogens is 4. The molecule has 2 aromatic rings. The molecule has 0 fully saturated rings. The van der Waals surface area contributed by atoms with Crippen LogP contribution in [0.3, 0.4) is 0 Å². The number of alkyl halides is 3. The first-order valence-corrected chi connectivity index (χ1v) is 9.94. The van der Waals surface area contributed by atoms with Gasteiger partial charge in [-0.25, -0.2) is 4.79 Å². The van der Waals surface area contributed by atoms with Crippen molar-refractivity contribution in [3.8, 4) is 0 Å². The van der Waals surface area contributed by atoms with E-state index in [1.165, 1.54) is 0 Å². The van der Waals surface area contributed by atoms with Crippen molar-refractivity contribution < 1.29 is 9.53 Å². The van der Waals surface area contributed by atoms with Crippen molar-refractivity contribution in [3.05, 3.63) is 64.6 Å². The fourth-order valence-corrected chi connectivity index (χ4v) is 2.91. The second-order valence-electron chi connectivity index (χ2n) is 5.29. The minimum atomic E-state index is -1.87. The Morgan fingerprint density at radius 1 is 1.11 bits per heavy atom. The van der Waals surface area contributed by atoms with Crippen molar-refractivity contribution in [1.29, 1.82) is 0 Å². The van der Waals surface area contributed by atoms with Gasteiger partial charge in [0.2, 0.25) is 3.79 Å². The van der Waals surface area contributed by atoms with Crippen molar-refractivity contribution in [2.45, 2.75) is 16.6 Å². The topological polar surface area (TPSA) is 62.4 Å². The third-order valence-corrected chi connectivity index (χ3v) is 4.53. The molecule has 0 aliphatic heterocycles. The summed E-state index contributed by atoms with van der Waals surface area (Å²) in [5.41, 5.74) is 1.55. The first kappa shape index (κ1) is 22.0. The Balaban J connectivity index is 1.92. The number of thiocarbonyl (C=S) groups is 1. The van der Waals surface area contributed by atoms with Crippen molar-refractivity contribution in [2.75, 3.05) is 5.32 Å². The van der Waals surface area contributed by atoms with Gasteiger partial charge in [0.25, 0.3) is 0 Å². The van der Waals surface area contributed by atoms with Crippen molar-refractivity contribution in [3.63, 3.8) is 0 Å². The summed E-state index contributed by atoms with van der Waals surface area (Å²) < 4.78 is 4.14. The molecule has 0 bridgehead atoms. The Morgan fingerprint density at radius 3 is 2.44 bits per heavy atom. The lowest BCUT2D eigenvalue weighted by Crippen LogP contribution is -2.56. The molecule has 10 heteroatoms. The normalized spacial score (nSPS) is 12.0. The summed E-state index contributed by atoms with van der Waals surface area (Å²) in [5, 5.41) is 8.30. The molecule has 0 radical (unpaired) electrons. The molecule has 0 spiro atoms. The third-order valence-electron chi connectivity index (χ3n) is 3.16. The van der Waals surface area contributed by atoms with Gasteiger partial charge < -0.3 is 15.4 Å². The van der Waals surface area contributed by atoms with E-state index < -0.39 is 16.1 Å². The molecule has 2 rings (SSSR count). The lowest BCUT2D eigenvalue weighted by atomic mass is 10.2. The molecular formula is C17H15BrCl3N3O2S. The van der Waals surface area contributed by atoms with Gasteiger partial charge in [-0.05, 0) is 36.0 Å². The van der Waals surface area contributed by atoms with Crippen LogP contribution in [0.15, 0.2) is 59.1 Å². The van der Waals surface area contributed by atoms with Crippen LogP contribution in [0.2, 0.25) is 0 Å². The molecule has 2 aromatic carbocycles. The van der Waals surface area contributed by atoms with Gasteiger partial charge >= 0.3 is 6.09 Å². The molecule has 0 saturated carbocycles. The predicted molar refractivity (Wildman–Crippen MR) is 117 cm³/mol. The summed E-state index contributed by atoms with van der Waals surface area (Å²) in [6, 6.07) is 16.5. The Bertz CT molecular complexity index is 790. The van der Waals surface area contributed by atoms with Crippen LogP contribution >= 0.6 is 63.0 Å². The van der Waals surface area contributed by atoms with Crippen LogP contribution in [0.25, 0.3) is 0 Å². The maximum atomic E-state index is 12.0. The van der Waals surface area contributed by atoms with Crippen LogP contribution in [0.4, 0.5) is 10.5 Å². The number of anilines is 1. The van der Waals surface area contributed by atoms with Crippen molar-refractivity contribution in [1.82, 2.24) is 10.6 Å². The fourth-order valence-electron chi connectivity index (χ4n) is 1.95. The van der Waals surface area contributed by atoms with Gasteiger partial charge in [0, 0.05) is 10.2 Å². The molecule has 0 saturated heterocycles. The van der Waals surface area contributed by atoms with Gasteiger partial charge in [-0.1, -0.05) is 87.1 Å². The lowest BCUT2D eigenvalue weighted by molar-refractivity contribution is 0.135. The standard InChI is InChI=1S/C17H15BrCl3N3O2S/c18-12-7-4-8-13(9-12)22-15(27)23-14(17(19,20)21)24-16(25)26-10-11-5-2-1-3-6-11/h1-9,14H,10H2,(H,24,25)(H2,22,23,27)/t14-/m0/s1. The number of nitrogens with one attached hydrogen (secondary N) is 3. The van der Waals surface area contributed by atoms with E-state index in [1.807, 2.05) is 54.6 Å². The largest absolute Gasteiger partial charge is 0.445 e. The van der Waals surface area contributed by atoms with Gasteiger partial charge in [0.1, 0.15) is 6.61 Å². The maximum absolute atomic E-state index is 12.0. The Morgan fingerprint density at radius 2 is 1.81 bits per heavy atom. The Hall–Kier alpha value is -1.25. The van der Waals surface area contributed by atoms with Crippen LogP contribution in [0.1, 0.15) is 5.56 Å². The lowest BCUT2D eigenvalue weighted by Gasteiger charge is -2.27. The van der Waals surface area contributed by atoms with Crippen LogP contribution in [0.5, 0.6) is 0 Å². The number of carbonyl (C=O) groups is 1. The van der Waals surface area contributed by atoms with Crippen molar-refractivity contribution >= 4 is 79.8 Å². The highest BCUT2D eigenvalue weighted by Gasteiger charge is 2.35. The molecule has 3 N–H and O–H groups in total.